The number of thioether (sulfide) groups is 1. The number of carbonyl (C=O) groups excluding carboxylic acids is 1. The van der Waals surface area contributed by atoms with Crippen LogP contribution in [0.25, 0.3) is 0 Å². The van der Waals surface area contributed by atoms with Crippen molar-refractivity contribution in [1.82, 2.24) is 5.32 Å². The highest BCUT2D eigenvalue weighted by atomic mass is 32.2. The van der Waals surface area contributed by atoms with Crippen molar-refractivity contribution in [2.75, 3.05) is 18.6 Å². The molecule has 0 aliphatic rings. The van der Waals surface area contributed by atoms with Gasteiger partial charge in [-0.2, -0.15) is 23.1 Å². The molecule has 1 aromatic heterocycles. The quantitative estimate of drug-likeness (QED) is 0.834. The van der Waals surface area contributed by atoms with Crippen LogP contribution in [0.3, 0.4) is 0 Å². The van der Waals surface area contributed by atoms with Gasteiger partial charge >= 0.3 is 0 Å². The molecule has 0 aromatic carbocycles. The topological polar surface area (TPSA) is 49.3 Å². The van der Waals surface area contributed by atoms with E-state index in [9.17, 15) is 9.90 Å². The first-order valence-electron chi connectivity index (χ1n) is 5.47. The second-order valence-electron chi connectivity index (χ2n) is 4.43. The zero-order valence-corrected chi connectivity index (χ0v) is 12.0. The van der Waals surface area contributed by atoms with Gasteiger partial charge in [0.05, 0.1) is 11.5 Å². The van der Waals surface area contributed by atoms with E-state index < -0.39 is 5.60 Å². The monoisotopic (exact) mass is 273 g/mol. The van der Waals surface area contributed by atoms with Crippen LogP contribution in [0.1, 0.15) is 25.3 Å². The lowest BCUT2D eigenvalue weighted by atomic mass is 10.0. The van der Waals surface area contributed by atoms with E-state index in [4.69, 9.17) is 0 Å². The maximum absolute atomic E-state index is 11.9. The van der Waals surface area contributed by atoms with Crippen molar-refractivity contribution in [2.45, 2.75) is 25.4 Å². The summed E-state index contributed by atoms with van der Waals surface area (Å²) in [5.74, 6) is 0.413. The van der Waals surface area contributed by atoms with Crippen LogP contribution >= 0.6 is 23.1 Å². The normalized spacial score (nSPS) is 16.2. The molecule has 2 N–H and O–H groups in total. The molecule has 0 aliphatic carbocycles. The van der Waals surface area contributed by atoms with Crippen molar-refractivity contribution >= 4 is 29.0 Å². The average Bonchev–Trinajstić information content (AvgIpc) is 2.78. The van der Waals surface area contributed by atoms with Crippen molar-refractivity contribution in [3.05, 3.63) is 22.4 Å². The molecule has 0 spiro atoms. The highest BCUT2D eigenvalue weighted by molar-refractivity contribution is 7.98. The summed E-state index contributed by atoms with van der Waals surface area (Å²) in [5.41, 5.74) is 0.181. The standard InChI is InChI=1S/C12H19NO2S2/c1-9(10-4-5-17-6-10)11(14)13-7-12(2,15)8-16-3/h4-6,9,15H,7-8H2,1-3H3,(H,13,14). The average molecular weight is 273 g/mol. The fourth-order valence-corrected chi connectivity index (χ4v) is 2.94. The summed E-state index contributed by atoms with van der Waals surface area (Å²) in [6, 6.07) is 1.95. The Labute approximate surface area is 111 Å². The lowest BCUT2D eigenvalue weighted by Crippen LogP contribution is -2.43. The zero-order chi connectivity index (χ0) is 12.9. The van der Waals surface area contributed by atoms with Crippen LogP contribution in [-0.4, -0.2) is 35.2 Å². The number of nitrogens with one attached hydrogen (secondary N) is 1. The summed E-state index contributed by atoms with van der Waals surface area (Å²) in [7, 11) is 0. The molecule has 5 heteroatoms. The number of aliphatic hydroxyl groups is 1. The lowest BCUT2D eigenvalue weighted by molar-refractivity contribution is -0.123. The van der Waals surface area contributed by atoms with E-state index in [1.54, 1.807) is 30.0 Å². The molecule has 2 unspecified atom stereocenters. The molecule has 1 rings (SSSR count). The summed E-state index contributed by atoms with van der Waals surface area (Å²) in [5, 5.41) is 16.7. The Balaban J connectivity index is 2.45. The third-order valence-corrected chi connectivity index (χ3v) is 4.15. The van der Waals surface area contributed by atoms with E-state index in [2.05, 4.69) is 5.32 Å². The van der Waals surface area contributed by atoms with Crippen molar-refractivity contribution in [3.8, 4) is 0 Å². The molecule has 1 aromatic rings. The van der Waals surface area contributed by atoms with Gasteiger partial charge in [-0.05, 0) is 42.5 Å². The fraction of sp³-hybridized carbons (Fsp3) is 0.583. The number of hydrogen-bond acceptors (Lipinski definition) is 4. The maximum atomic E-state index is 11.9. The van der Waals surface area contributed by atoms with Crippen LogP contribution in [0.15, 0.2) is 16.8 Å². The summed E-state index contributed by atoms with van der Waals surface area (Å²) < 4.78 is 0. The number of rotatable bonds is 6. The summed E-state index contributed by atoms with van der Waals surface area (Å²) >= 11 is 3.15. The SMILES string of the molecule is CSCC(C)(O)CNC(=O)C(C)c1ccsc1. The van der Waals surface area contributed by atoms with E-state index in [1.165, 1.54) is 0 Å². The van der Waals surface area contributed by atoms with Gasteiger partial charge in [-0.3, -0.25) is 4.79 Å². The minimum absolute atomic E-state index is 0.0372. The Morgan fingerprint density at radius 2 is 2.41 bits per heavy atom. The van der Waals surface area contributed by atoms with Gasteiger partial charge in [-0.15, -0.1) is 0 Å². The van der Waals surface area contributed by atoms with E-state index in [-0.39, 0.29) is 11.8 Å². The summed E-state index contributed by atoms with van der Waals surface area (Å²) in [4.78, 5) is 11.9. The van der Waals surface area contributed by atoms with Crippen LogP contribution in [0.5, 0.6) is 0 Å². The fourth-order valence-electron chi connectivity index (χ4n) is 1.47. The third-order valence-electron chi connectivity index (χ3n) is 2.54. The Morgan fingerprint density at radius 3 is 2.94 bits per heavy atom. The van der Waals surface area contributed by atoms with Crippen LogP contribution in [-0.2, 0) is 4.79 Å². The van der Waals surface area contributed by atoms with Crippen LogP contribution in [0.2, 0.25) is 0 Å². The van der Waals surface area contributed by atoms with Crippen molar-refractivity contribution in [1.29, 1.82) is 0 Å². The minimum atomic E-state index is -0.844. The Kier molecular flexibility index (Phi) is 5.49. The maximum Gasteiger partial charge on any atom is 0.227 e. The van der Waals surface area contributed by atoms with E-state index in [1.807, 2.05) is 30.0 Å². The zero-order valence-electron chi connectivity index (χ0n) is 10.4. The highest BCUT2D eigenvalue weighted by Gasteiger charge is 2.22. The molecule has 1 heterocycles. The number of amides is 1. The molecular weight excluding hydrogens is 254 g/mol. The second kappa shape index (κ2) is 6.42. The molecule has 0 saturated carbocycles. The molecule has 3 nitrogen and oxygen atoms in total. The second-order valence-corrected chi connectivity index (χ2v) is 6.07. The van der Waals surface area contributed by atoms with E-state index in [0.29, 0.717) is 12.3 Å². The molecule has 1 amide bonds. The number of hydrogen-bond donors (Lipinski definition) is 2. The molecule has 96 valence electrons. The summed E-state index contributed by atoms with van der Waals surface area (Å²) in [6.45, 7) is 3.90. The van der Waals surface area contributed by atoms with Crippen LogP contribution < -0.4 is 5.32 Å². The van der Waals surface area contributed by atoms with Gasteiger partial charge in [-0.1, -0.05) is 0 Å². The molecule has 0 aliphatic heterocycles. The predicted octanol–water partition coefficient (Wildman–Crippen LogP) is 2.08. The molecule has 0 radical (unpaired) electrons. The van der Waals surface area contributed by atoms with Gasteiger partial charge < -0.3 is 10.4 Å². The van der Waals surface area contributed by atoms with Gasteiger partial charge in [0.15, 0.2) is 0 Å². The first kappa shape index (κ1) is 14.5. The molecule has 0 bridgehead atoms. The van der Waals surface area contributed by atoms with Crippen LogP contribution in [0, 0.1) is 0 Å². The largest absolute Gasteiger partial charge is 0.387 e. The minimum Gasteiger partial charge on any atom is -0.387 e. The highest BCUT2D eigenvalue weighted by Crippen LogP contribution is 2.18. The van der Waals surface area contributed by atoms with Gasteiger partial charge in [0.2, 0.25) is 5.91 Å². The van der Waals surface area contributed by atoms with Gasteiger partial charge in [0.1, 0.15) is 0 Å². The Morgan fingerprint density at radius 1 is 1.71 bits per heavy atom. The van der Waals surface area contributed by atoms with E-state index in [0.717, 1.165) is 5.56 Å². The lowest BCUT2D eigenvalue weighted by Gasteiger charge is -2.23. The smallest absolute Gasteiger partial charge is 0.227 e. The van der Waals surface area contributed by atoms with Gasteiger partial charge in [0, 0.05) is 12.3 Å². The van der Waals surface area contributed by atoms with Gasteiger partial charge in [-0.25, -0.2) is 0 Å². The third kappa shape index (κ3) is 4.69. The Hall–Kier alpha value is -0.520. The number of carbonyl (C=O) groups is 1. The van der Waals surface area contributed by atoms with Gasteiger partial charge in [0.25, 0.3) is 0 Å². The van der Waals surface area contributed by atoms with E-state index >= 15 is 0 Å². The first-order chi connectivity index (χ1) is 7.96. The Bertz CT molecular complexity index is 349. The predicted molar refractivity (Wildman–Crippen MR) is 74.7 cm³/mol. The first-order valence-corrected chi connectivity index (χ1v) is 7.81. The number of thiophene rings is 1. The molecule has 0 fully saturated rings. The van der Waals surface area contributed by atoms with Crippen molar-refractivity contribution < 1.29 is 9.90 Å². The van der Waals surface area contributed by atoms with Crippen molar-refractivity contribution in [3.63, 3.8) is 0 Å². The van der Waals surface area contributed by atoms with Crippen molar-refractivity contribution in [2.24, 2.45) is 0 Å². The molecular formula is C12H19NO2S2. The summed E-state index contributed by atoms with van der Waals surface area (Å²) in [6.07, 6.45) is 1.93. The molecule has 0 saturated heterocycles. The van der Waals surface area contributed by atoms with Crippen LogP contribution in [0.4, 0.5) is 0 Å². The molecule has 2 atom stereocenters. The molecule has 17 heavy (non-hydrogen) atoms.